The Kier molecular flexibility index (Phi) is 10.2. The van der Waals surface area contributed by atoms with Gasteiger partial charge >= 0.3 is 0 Å². The van der Waals surface area contributed by atoms with Crippen molar-refractivity contribution in [2.75, 3.05) is 17.3 Å². The van der Waals surface area contributed by atoms with E-state index in [1.165, 1.54) is 23.1 Å². The zero-order valence-corrected chi connectivity index (χ0v) is 22.6. The van der Waals surface area contributed by atoms with E-state index in [0.717, 1.165) is 32.1 Å². The van der Waals surface area contributed by atoms with Crippen LogP contribution in [0.15, 0.2) is 72.9 Å². The summed E-state index contributed by atoms with van der Waals surface area (Å²) in [6.07, 6.45) is 6.83. The van der Waals surface area contributed by atoms with E-state index in [4.69, 9.17) is 4.74 Å². The average Bonchev–Trinajstić information content (AvgIpc) is 2.97. The van der Waals surface area contributed by atoms with Gasteiger partial charge in [0.2, 0.25) is 17.7 Å². The average molecular weight is 547 g/mol. The third-order valence-corrected chi connectivity index (χ3v) is 6.97. The van der Waals surface area contributed by atoms with E-state index < -0.39 is 17.8 Å². The molecule has 0 unspecified atom stereocenters. The lowest BCUT2D eigenvalue weighted by Crippen LogP contribution is -2.47. The molecule has 1 saturated carbocycles. The molecule has 210 valence electrons. The van der Waals surface area contributed by atoms with Gasteiger partial charge in [0, 0.05) is 30.8 Å². The summed E-state index contributed by atoms with van der Waals surface area (Å²) in [5, 5.41) is 5.85. The largest absolute Gasteiger partial charge is 0.497 e. The standard InChI is InChI=1S/C31H35FN4O4/c1-40-26-18-16-22(17-19-26)30(31(39)34-24-10-3-2-4-11-24)36(25-12-7-9-23(32)21-25)29(38)15-8-14-28(37)35-27-13-5-6-20-33-27/h5-7,9,12-13,16-21,24,30H,2-4,8,10-11,14-15H2,1H3,(H,34,39)(H,33,35,37)/t30-/m1/s1. The molecule has 9 heteroatoms. The Bertz CT molecular complexity index is 1280. The fourth-order valence-electron chi connectivity index (χ4n) is 4.96. The monoisotopic (exact) mass is 546 g/mol. The molecule has 0 spiro atoms. The molecule has 1 aliphatic carbocycles. The van der Waals surface area contributed by atoms with E-state index in [9.17, 15) is 18.8 Å². The number of ether oxygens (including phenoxy) is 1. The van der Waals surface area contributed by atoms with E-state index in [0.29, 0.717) is 17.1 Å². The number of amides is 3. The smallest absolute Gasteiger partial charge is 0.248 e. The molecule has 1 aromatic heterocycles. The van der Waals surface area contributed by atoms with E-state index in [-0.39, 0.29) is 42.8 Å². The quantitative estimate of drug-likeness (QED) is 0.328. The maximum Gasteiger partial charge on any atom is 0.248 e. The van der Waals surface area contributed by atoms with Gasteiger partial charge in [0.05, 0.1) is 7.11 Å². The third kappa shape index (κ3) is 7.88. The minimum Gasteiger partial charge on any atom is -0.497 e. The second kappa shape index (κ2) is 14.2. The van der Waals surface area contributed by atoms with Crippen molar-refractivity contribution < 1.29 is 23.5 Å². The molecule has 2 N–H and O–H groups in total. The van der Waals surface area contributed by atoms with Crippen LogP contribution in [0.25, 0.3) is 0 Å². The summed E-state index contributed by atoms with van der Waals surface area (Å²) in [4.78, 5) is 45.5. The van der Waals surface area contributed by atoms with Crippen molar-refractivity contribution in [2.45, 2.75) is 63.5 Å². The Morgan fingerprint density at radius 1 is 1.00 bits per heavy atom. The van der Waals surface area contributed by atoms with Gasteiger partial charge in [0.1, 0.15) is 23.4 Å². The van der Waals surface area contributed by atoms with Crippen LogP contribution in [0, 0.1) is 5.82 Å². The van der Waals surface area contributed by atoms with Crippen LogP contribution in [0.2, 0.25) is 0 Å². The molecule has 1 fully saturated rings. The molecule has 2 aromatic carbocycles. The summed E-state index contributed by atoms with van der Waals surface area (Å²) < 4.78 is 19.7. The Balaban J connectivity index is 1.58. The molecule has 0 saturated heterocycles. The number of nitrogens with zero attached hydrogens (tertiary/aromatic N) is 2. The van der Waals surface area contributed by atoms with Gasteiger partial charge in [-0.3, -0.25) is 19.3 Å². The van der Waals surface area contributed by atoms with Gasteiger partial charge in [0.15, 0.2) is 0 Å². The van der Waals surface area contributed by atoms with E-state index in [2.05, 4.69) is 15.6 Å². The van der Waals surface area contributed by atoms with Crippen LogP contribution >= 0.6 is 0 Å². The van der Waals surface area contributed by atoms with E-state index >= 15 is 0 Å². The van der Waals surface area contributed by atoms with Crippen molar-refractivity contribution in [3.63, 3.8) is 0 Å². The van der Waals surface area contributed by atoms with Gasteiger partial charge < -0.3 is 15.4 Å². The number of hydrogen-bond donors (Lipinski definition) is 2. The highest BCUT2D eigenvalue weighted by molar-refractivity contribution is 6.01. The van der Waals surface area contributed by atoms with Crippen molar-refractivity contribution in [3.05, 3.63) is 84.3 Å². The number of rotatable bonds is 11. The second-order valence-electron chi connectivity index (χ2n) is 9.88. The minimum atomic E-state index is -1.04. The number of hydrogen-bond acceptors (Lipinski definition) is 5. The topological polar surface area (TPSA) is 101 Å². The maximum atomic E-state index is 14.4. The molecule has 4 rings (SSSR count). The van der Waals surface area contributed by atoms with E-state index in [1.807, 2.05) is 0 Å². The number of methoxy groups -OCH3 is 1. The lowest BCUT2D eigenvalue weighted by Gasteiger charge is -2.33. The number of benzene rings is 2. The lowest BCUT2D eigenvalue weighted by atomic mass is 9.94. The fourth-order valence-corrected chi connectivity index (χ4v) is 4.96. The van der Waals surface area contributed by atoms with E-state index in [1.54, 1.807) is 61.8 Å². The first-order valence-corrected chi connectivity index (χ1v) is 13.7. The van der Waals surface area contributed by atoms with Crippen LogP contribution in [-0.4, -0.2) is 35.9 Å². The number of aromatic nitrogens is 1. The van der Waals surface area contributed by atoms with Crippen molar-refractivity contribution in [2.24, 2.45) is 0 Å². The summed E-state index contributed by atoms with van der Waals surface area (Å²) in [5.74, 6) is -0.480. The van der Waals surface area contributed by atoms with Crippen LogP contribution in [0.4, 0.5) is 15.9 Å². The minimum absolute atomic E-state index is 0.0155. The van der Waals surface area contributed by atoms with Gasteiger partial charge in [0.25, 0.3) is 0 Å². The first-order valence-electron chi connectivity index (χ1n) is 13.7. The zero-order chi connectivity index (χ0) is 28.3. The Morgan fingerprint density at radius 3 is 2.45 bits per heavy atom. The highest BCUT2D eigenvalue weighted by Gasteiger charge is 2.34. The predicted molar refractivity (Wildman–Crippen MR) is 151 cm³/mol. The maximum absolute atomic E-state index is 14.4. The number of anilines is 2. The second-order valence-corrected chi connectivity index (χ2v) is 9.88. The molecule has 0 bridgehead atoms. The molecule has 1 aliphatic rings. The first-order chi connectivity index (χ1) is 19.4. The normalized spacial score (nSPS) is 14.2. The molecule has 3 amide bonds. The van der Waals surface area contributed by atoms with Crippen LogP contribution in [-0.2, 0) is 14.4 Å². The first kappa shape index (κ1) is 28.7. The van der Waals surface area contributed by atoms with Crippen LogP contribution in [0.5, 0.6) is 5.75 Å². The zero-order valence-electron chi connectivity index (χ0n) is 22.6. The van der Waals surface area contributed by atoms with Gasteiger partial charge in [-0.1, -0.05) is 43.5 Å². The Hall–Kier alpha value is -4.27. The predicted octanol–water partition coefficient (Wildman–Crippen LogP) is 5.56. The Labute approximate surface area is 233 Å². The number of carbonyl (C=O) groups excluding carboxylic acids is 3. The summed E-state index contributed by atoms with van der Waals surface area (Å²) in [6.45, 7) is 0. The van der Waals surface area contributed by atoms with Gasteiger partial charge in [-0.15, -0.1) is 0 Å². The van der Waals surface area contributed by atoms with Crippen molar-refractivity contribution in [3.8, 4) is 5.75 Å². The van der Waals surface area contributed by atoms with Crippen molar-refractivity contribution >= 4 is 29.2 Å². The highest BCUT2D eigenvalue weighted by atomic mass is 19.1. The molecular weight excluding hydrogens is 511 g/mol. The van der Waals surface area contributed by atoms with Gasteiger partial charge in [-0.2, -0.15) is 0 Å². The fraction of sp³-hybridized carbons (Fsp3) is 0.355. The van der Waals surface area contributed by atoms with Gasteiger partial charge in [-0.05, 0) is 67.3 Å². The van der Waals surface area contributed by atoms with Crippen LogP contribution < -0.4 is 20.3 Å². The Morgan fingerprint density at radius 2 is 1.77 bits per heavy atom. The summed E-state index contributed by atoms with van der Waals surface area (Å²) >= 11 is 0. The number of pyridine rings is 1. The molecule has 3 aromatic rings. The molecular formula is C31H35FN4O4. The molecule has 40 heavy (non-hydrogen) atoms. The number of nitrogens with one attached hydrogen (secondary N) is 2. The number of carbonyl (C=O) groups is 3. The summed E-state index contributed by atoms with van der Waals surface area (Å²) in [5.41, 5.74) is 0.835. The SMILES string of the molecule is COc1ccc([C@H](C(=O)NC2CCCCC2)N(C(=O)CCCC(=O)Nc2ccccn2)c2cccc(F)c2)cc1. The summed E-state index contributed by atoms with van der Waals surface area (Å²) in [6, 6.07) is 16.8. The molecule has 8 nitrogen and oxygen atoms in total. The number of halogens is 1. The van der Waals surface area contributed by atoms with Crippen molar-refractivity contribution in [1.82, 2.24) is 10.3 Å². The molecule has 0 radical (unpaired) electrons. The lowest BCUT2D eigenvalue weighted by molar-refractivity contribution is -0.127. The van der Waals surface area contributed by atoms with Crippen LogP contribution in [0.1, 0.15) is 63.0 Å². The summed E-state index contributed by atoms with van der Waals surface area (Å²) in [7, 11) is 1.55. The third-order valence-electron chi connectivity index (χ3n) is 6.97. The molecule has 1 atom stereocenters. The van der Waals surface area contributed by atoms with Crippen LogP contribution in [0.3, 0.4) is 0 Å². The van der Waals surface area contributed by atoms with Crippen molar-refractivity contribution in [1.29, 1.82) is 0 Å². The van der Waals surface area contributed by atoms with Gasteiger partial charge in [-0.25, -0.2) is 9.37 Å². The molecule has 0 aliphatic heterocycles. The molecule has 1 heterocycles. The highest BCUT2D eigenvalue weighted by Crippen LogP contribution is 2.31.